The van der Waals surface area contributed by atoms with Gasteiger partial charge >= 0.3 is 0 Å². The summed E-state index contributed by atoms with van der Waals surface area (Å²) in [5.74, 6) is -0.284. The zero-order valence-corrected chi connectivity index (χ0v) is 16.4. The number of nitrogens with zero attached hydrogens (tertiary/aromatic N) is 2. The lowest BCUT2D eigenvalue weighted by Crippen LogP contribution is -2.16. The Kier molecular flexibility index (Phi) is 4.17. The summed E-state index contributed by atoms with van der Waals surface area (Å²) >= 11 is 0. The molecule has 0 aliphatic heterocycles. The molecule has 0 saturated heterocycles. The van der Waals surface area contributed by atoms with Crippen LogP contribution in [0, 0.1) is 0 Å². The van der Waals surface area contributed by atoms with Crippen LogP contribution in [0.3, 0.4) is 0 Å². The van der Waals surface area contributed by atoms with Gasteiger partial charge in [0.1, 0.15) is 5.69 Å². The summed E-state index contributed by atoms with van der Waals surface area (Å²) < 4.78 is 0. The van der Waals surface area contributed by atoms with E-state index >= 15 is 0 Å². The monoisotopic (exact) mass is 393 g/mol. The molecule has 6 nitrogen and oxygen atoms in total. The fraction of sp³-hybridized carbons (Fsp3) is 0.0417. The highest BCUT2D eigenvalue weighted by Gasteiger charge is 2.17. The third-order valence-electron chi connectivity index (χ3n) is 5.20. The predicted octanol–water partition coefficient (Wildman–Crippen LogP) is 5.39. The quantitative estimate of drug-likeness (QED) is 0.382. The lowest BCUT2D eigenvalue weighted by atomic mass is 9.99. The van der Waals surface area contributed by atoms with Crippen molar-refractivity contribution >= 4 is 39.0 Å². The SMILES string of the molecule is C=C(C)c1cccnc1C(=O)Nc1cc(-c2cccc3[nH]ccc23)cc2[nH]ncc12. The standard InChI is InChI=1S/C24H19N5O/c1-14(2)16-6-4-9-26-23(16)24(30)28-21-11-15(12-22-19(21)13-27-29-22)17-5-3-7-20-18(17)8-10-25-20/h3-13,25H,1H2,2H3,(H,27,29)(H,28,30). The summed E-state index contributed by atoms with van der Waals surface area (Å²) in [6.07, 6.45) is 5.24. The highest BCUT2D eigenvalue weighted by molar-refractivity contribution is 6.11. The van der Waals surface area contributed by atoms with Gasteiger partial charge < -0.3 is 10.3 Å². The van der Waals surface area contributed by atoms with Gasteiger partial charge in [-0.3, -0.25) is 14.9 Å². The Hall–Kier alpha value is -4.19. The molecule has 0 radical (unpaired) electrons. The van der Waals surface area contributed by atoms with E-state index in [2.05, 4.69) is 38.1 Å². The number of hydrogen-bond acceptors (Lipinski definition) is 3. The predicted molar refractivity (Wildman–Crippen MR) is 120 cm³/mol. The van der Waals surface area contributed by atoms with Gasteiger partial charge in [-0.15, -0.1) is 0 Å². The lowest BCUT2D eigenvalue weighted by Gasteiger charge is -2.12. The van der Waals surface area contributed by atoms with Crippen LogP contribution in [0.1, 0.15) is 23.0 Å². The maximum Gasteiger partial charge on any atom is 0.274 e. The van der Waals surface area contributed by atoms with Crippen LogP contribution in [-0.2, 0) is 0 Å². The molecule has 3 heterocycles. The van der Waals surface area contributed by atoms with E-state index in [0.717, 1.165) is 44.1 Å². The number of hydrogen-bond donors (Lipinski definition) is 3. The third-order valence-corrected chi connectivity index (χ3v) is 5.20. The zero-order valence-electron chi connectivity index (χ0n) is 16.4. The highest BCUT2D eigenvalue weighted by atomic mass is 16.1. The van der Waals surface area contributed by atoms with Gasteiger partial charge in [-0.1, -0.05) is 24.8 Å². The Labute approximate surface area is 172 Å². The molecule has 0 fully saturated rings. The number of fused-ring (bicyclic) bond motifs is 2. The molecule has 0 saturated carbocycles. The third kappa shape index (κ3) is 2.95. The number of aromatic nitrogens is 4. The Morgan fingerprint density at radius 1 is 1.07 bits per heavy atom. The maximum atomic E-state index is 13.1. The van der Waals surface area contributed by atoms with Gasteiger partial charge in [0.15, 0.2) is 0 Å². The Bertz CT molecular complexity index is 1430. The van der Waals surface area contributed by atoms with Gasteiger partial charge in [0, 0.05) is 34.2 Å². The molecule has 0 aliphatic rings. The molecule has 0 bridgehead atoms. The van der Waals surface area contributed by atoms with E-state index in [-0.39, 0.29) is 5.91 Å². The van der Waals surface area contributed by atoms with Crippen LogP contribution < -0.4 is 5.32 Å². The molecule has 3 N–H and O–H groups in total. The lowest BCUT2D eigenvalue weighted by molar-refractivity contribution is 0.102. The summed E-state index contributed by atoms with van der Waals surface area (Å²) in [4.78, 5) is 20.6. The van der Waals surface area contributed by atoms with Crippen molar-refractivity contribution in [2.24, 2.45) is 0 Å². The van der Waals surface area contributed by atoms with E-state index in [9.17, 15) is 4.79 Å². The number of allylic oxidation sites excluding steroid dienone is 1. The molecule has 0 atom stereocenters. The van der Waals surface area contributed by atoms with Gasteiger partial charge in [0.25, 0.3) is 5.91 Å². The summed E-state index contributed by atoms with van der Waals surface area (Å²) in [7, 11) is 0. The molecule has 0 spiro atoms. The number of anilines is 1. The van der Waals surface area contributed by atoms with Crippen molar-refractivity contribution in [2.75, 3.05) is 5.32 Å². The molecule has 0 unspecified atom stereocenters. The molecule has 6 heteroatoms. The number of pyridine rings is 1. The van der Waals surface area contributed by atoms with E-state index in [1.165, 1.54) is 0 Å². The number of amides is 1. The number of rotatable bonds is 4. The van der Waals surface area contributed by atoms with E-state index in [4.69, 9.17) is 0 Å². The first-order valence-electron chi connectivity index (χ1n) is 9.57. The molecule has 2 aromatic carbocycles. The van der Waals surface area contributed by atoms with Crippen LogP contribution >= 0.6 is 0 Å². The van der Waals surface area contributed by atoms with Crippen molar-refractivity contribution in [3.63, 3.8) is 0 Å². The van der Waals surface area contributed by atoms with Gasteiger partial charge in [-0.05, 0) is 54.0 Å². The van der Waals surface area contributed by atoms with E-state index < -0.39 is 0 Å². The fourth-order valence-corrected chi connectivity index (χ4v) is 3.76. The summed E-state index contributed by atoms with van der Waals surface area (Å²) in [5, 5.41) is 12.2. The van der Waals surface area contributed by atoms with E-state index in [1.807, 2.05) is 49.5 Å². The number of nitrogens with one attached hydrogen (secondary N) is 3. The molecule has 3 aromatic heterocycles. The Morgan fingerprint density at radius 2 is 1.97 bits per heavy atom. The van der Waals surface area contributed by atoms with Gasteiger partial charge in [0.05, 0.1) is 17.4 Å². The van der Waals surface area contributed by atoms with Crippen molar-refractivity contribution in [2.45, 2.75) is 6.92 Å². The van der Waals surface area contributed by atoms with Crippen molar-refractivity contribution in [3.8, 4) is 11.1 Å². The van der Waals surface area contributed by atoms with Crippen molar-refractivity contribution in [1.29, 1.82) is 0 Å². The Balaban J connectivity index is 1.62. The summed E-state index contributed by atoms with van der Waals surface area (Å²) in [6, 6.07) is 15.8. The molecule has 0 aliphatic carbocycles. The number of carbonyl (C=O) groups excluding carboxylic acids is 1. The largest absolute Gasteiger partial charge is 0.361 e. The van der Waals surface area contributed by atoms with Crippen molar-refractivity contribution in [3.05, 3.63) is 85.0 Å². The minimum atomic E-state index is -0.284. The second-order valence-electron chi connectivity index (χ2n) is 7.23. The van der Waals surface area contributed by atoms with Crippen LogP contribution in [0.25, 0.3) is 38.5 Å². The van der Waals surface area contributed by atoms with Gasteiger partial charge in [-0.25, -0.2) is 0 Å². The average molecular weight is 393 g/mol. The average Bonchev–Trinajstić information content (AvgIpc) is 3.42. The Morgan fingerprint density at radius 3 is 2.83 bits per heavy atom. The number of benzene rings is 2. The molecule has 5 rings (SSSR count). The summed E-state index contributed by atoms with van der Waals surface area (Å²) in [6.45, 7) is 5.82. The fourth-order valence-electron chi connectivity index (χ4n) is 3.76. The summed E-state index contributed by atoms with van der Waals surface area (Å²) in [5.41, 5.74) is 6.49. The highest BCUT2D eigenvalue weighted by Crippen LogP contribution is 2.34. The minimum absolute atomic E-state index is 0.284. The van der Waals surface area contributed by atoms with Crippen LogP contribution in [0.5, 0.6) is 0 Å². The first-order valence-corrected chi connectivity index (χ1v) is 9.57. The molecule has 30 heavy (non-hydrogen) atoms. The molecule has 146 valence electrons. The van der Waals surface area contributed by atoms with Crippen LogP contribution in [0.15, 0.2) is 73.7 Å². The van der Waals surface area contributed by atoms with Crippen LogP contribution in [0.4, 0.5) is 5.69 Å². The number of H-pyrrole nitrogens is 2. The van der Waals surface area contributed by atoms with Gasteiger partial charge in [0.2, 0.25) is 0 Å². The second-order valence-corrected chi connectivity index (χ2v) is 7.23. The smallest absolute Gasteiger partial charge is 0.274 e. The van der Waals surface area contributed by atoms with Gasteiger partial charge in [-0.2, -0.15) is 5.10 Å². The maximum absolute atomic E-state index is 13.1. The normalized spacial score (nSPS) is 11.1. The minimum Gasteiger partial charge on any atom is -0.361 e. The molecule has 5 aromatic rings. The molecular formula is C24H19N5O. The molecular weight excluding hydrogens is 374 g/mol. The first-order chi connectivity index (χ1) is 14.6. The number of aromatic amines is 2. The number of carbonyl (C=O) groups is 1. The first kappa shape index (κ1) is 17.9. The topological polar surface area (TPSA) is 86.5 Å². The van der Waals surface area contributed by atoms with E-state index in [0.29, 0.717) is 11.4 Å². The van der Waals surface area contributed by atoms with E-state index in [1.54, 1.807) is 18.5 Å². The molecule has 1 amide bonds. The van der Waals surface area contributed by atoms with Crippen LogP contribution in [0.2, 0.25) is 0 Å². The van der Waals surface area contributed by atoms with Crippen LogP contribution in [-0.4, -0.2) is 26.1 Å². The second kappa shape index (κ2) is 7.00. The zero-order chi connectivity index (χ0) is 20.7. The van der Waals surface area contributed by atoms with Crippen molar-refractivity contribution in [1.82, 2.24) is 20.2 Å². The van der Waals surface area contributed by atoms with Crippen molar-refractivity contribution < 1.29 is 4.79 Å².